The average molecular weight is 550 g/mol. The third-order valence-electron chi connectivity index (χ3n) is 8.07. The quantitative estimate of drug-likeness (QED) is 0.198. The van der Waals surface area contributed by atoms with E-state index in [1.165, 1.54) is 22.3 Å². The van der Waals surface area contributed by atoms with Crippen LogP contribution < -0.4 is 14.2 Å². The number of anilines is 1. The summed E-state index contributed by atoms with van der Waals surface area (Å²) in [4.78, 5) is 2.33. The lowest BCUT2D eigenvalue weighted by Gasteiger charge is -2.27. The van der Waals surface area contributed by atoms with Crippen molar-refractivity contribution >= 4 is 22.9 Å². The van der Waals surface area contributed by atoms with Crippen LogP contribution in [-0.2, 0) is 7.05 Å². The molecule has 4 aromatic carbocycles. The second kappa shape index (κ2) is 11.1. The zero-order valence-electron chi connectivity index (χ0n) is 23.9. The summed E-state index contributed by atoms with van der Waals surface area (Å²) in [6, 6.07) is 34.0. The zero-order valence-corrected chi connectivity index (χ0v) is 23.9. The first-order valence-corrected chi connectivity index (χ1v) is 14.6. The molecular weight excluding hydrogens is 516 g/mol. The number of oxazole rings is 1. The maximum Gasteiger partial charge on any atom is 0.374 e. The first-order valence-electron chi connectivity index (χ1n) is 14.6. The monoisotopic (exact) mass is 549 g/mol. The van der Waals surface area contributed by atoms with Gasteiger partial charge in [-0.3, -0.25) is 0 Å². The van der Waals surface area contributed by atoms with Crippen molar-refractivity contribution in [3.05, 3.63) is 145 Å². The van der Waals surface area contributed by atoms with Gasteiger partial charge >= 0.3 is 5.89 Å². The molecule has 2 aliphatic rings. The van der Waals surface area contributed by atoms with Gasteiger partial charge in [0.25, 0.3) is 5.52 Å². The van der Waals surface area contributed by atoms with Crippen molar-refractivity contribution in [1.29, 1.82) is 0 Å². The van der Waals surface area contributed by atoms with Crippen LogP contribution in [0.25, 0.3) is 39.4 Å². The van der Waals surface area contributed by atoms with Gasteiger partial charge in [0.15, 0.2) is 5.75 Å². The number of allylic oxidation sites excluding steroid dienone is 4. The number of aryl methyl sites for hydroxylation is 1. The van der Waals surface area contributed by atoms with Crippen LogP contribution in [0.15, 0.2) is 143 Å². The van der Waals surface area contributed by atoms with Gasteiger partial charge in [0.2, 0.25) is 11.5 Å². The van der Waals surface area contributed by atoms with Crippen LogP contribution in [0.1, 0.15) is 25.7 Å². The van der Waals surface area contributed by atoms with Crippen molar-refractivity contribution in [2.45, 2.75) is 25.8 Å². The number of ether oxygens (including phenoxy) is 1. The van der Waals surface area contributed by atoms with Crippen LogP contribution in [0.2, 0.25) is 0 Å². The molecular formula is C38H33N2O2+. The third-order valence-corrected chi connectivity index (χ3v) is 8.07. The maximum absolute atomic E-state index is 6.54. The Kier molecular flexibility index (Phi) is 6.81. The fraction of sp³-hybridized carbons (Fsp3) is 0.132. The smallest absolute Gasteiger partial charge is 0.374 e. The molecule has 4 nitrogen and oxygen atoms in total. The van der Waals surface area contributed by atoms with Gasteiger partial charge in [-0.2, -0.15) is 4.57 Å². The molecule has 206 valence electrons. The minimum atomic E-state index is 0.172. The molecule has 0 bridgehead atoms. The molecule has 0 N–H and O–H groups in total. The average Bonchev–Trinajstić information content (AvgIpc) is 3.57. The maximum atomic E-state index is 6.54. The summed E-state index contributed by atoms with van der Waals surface area (Å²) >= 11 is 0. The molecule has 0 saturated heterocycles. The SMILES string of the molecule is CCC(=Cc1oc2ccc(-c3ccccc3)cc2[n+]1C)C=C1Oc2ccc(-c3ccccc3)cc2N1C1C=CC=CC1. The first-order chi connectivity index (χ1) is 20.7. The molecule has 2 heterocycles. The van der Waals surface area contributed by atoms with Crippen molar-refractivity contribution in [1.82, 2.24) is 0 Å². The molecule has 0 amide bonds. The summed E-state index contributed by atoms with van der Waals surface area (Å²) in [6.45, 7) is 2.17. The van der Waals surface area contributed by atoms with E-state index in [1.807, 2.05) is 6.07 Å². The molecule has 0 radical (unpaired) electrons. The van der Waals surface area contributed by atoms with Crippen LogP contribution in [-0.4, -0.2) is 6.04 Å². The Labute approximate surface area is 246 Å². The fourth-order valence-corrected chi connectivity index (χ4v) is 5.75. The lowest BCUT2D eigenvalue weighted by atomic mass is 10.0. The molecule has 1 aliphatic carbocycles. The van der Waals surface area contributed by atoms with E-state index in [9.17, 15) is 0 Å². The van der Waals surface area contributed by atoms with Crippen LogP contribution >= 0.6 is 0 Å². The van der Waals surface area contributed by atoms with Gasteiger partial charge in [0.1, 0.15) is 7.05 Å². The highest BCUT2D eigenvalue weighted by atomic mass is 16.5. The minimum absolute atomic E-state index is 0.172. The van der Waals surface area contributed by atoms with E-state index in [0.717, 1.165) is 52.7 Å². The fourth-order valence-electron chi connectivity index (χ4n) is 5.75. The number of hydrogen-bond donors (Lipinski definition) is 0. The number of benzene rings is 4. The Balaban J connectivity index is 1.26. The minimum Gasteiger partial charge on any atom is -0.439 e. The van der Waals surface area contributed by atoms with Crippen molar-refractivity contribution in [2.75, 3.05) is 4.90 Å². The predicted molar refractivity (Wildman–Crippen MR) is 171 cm³/mol. The van der Waals surface area contributed by atoms with E-state index in [1.54, 1.807) is 0 Å². The Bertz CT molecular complexity index is 1880. The molecule has 0 fully saturated rings. The predicted octanol–water partition coefficient (Wildman–Crippen LogP) is 9.01. The van der Waals surface area contributed by atoms with Gasteiger partial charge in [-0.25, -0.2) is 0 Å². The summed E-state index contributed by atoms with van der Waals surface area (Å²) < 4.78 is 15.0. The van der Waals surface area contributed by atoms with E-state index in [4.69, 9.17) is 9.15 Å². The lowest BCUT2D eigenvalue weighted by molar-refractivity contribution is -0.652. The van der Waals surface area contributed by atoms with E-state index in [0.29, 0.717) is 0 Å². The first kappa shape index (κ1) is 25.8. The van der Waals surface area contributed by atoms with Gasteiger partial charge in [-0.1, -0.05) is 104 Å². The number of nitrogens with zero attached hydrogens (tertiary/aromatic N) is 2. The van der Waals surface area contributed by atoms with Crippen molar-refractivity contribution in [2.24, 2.45) is 7.05 Å². The number of hydrogen-bond acceptors (Lipinski definition) is 3. The number of aromatic nitrogens is 1. The Morgan fingerprint density at radius 2 is 1.57 bits per heavy atom. The second-order valence-electron chi connectivity index (χ2n) is 10.7. The topological polar surface area (TPSA) is 29.5 Å². The van der Waals surface area contributed by atoms with Crippen LogP contribution in [0, 0.1) is 0 Å². The van der Waals surface area contributed by atoms with Crippen LogP contribution in [0.3, 0.4) is 0 Å². The second-order valence-corrected chi connectivity index (χ2v) is 10.7. The highest BCUT2D eigenvalue weighted by Gasteiger charge is 2.32. The summed E-state index contributed by atoms with van der Waals surface area (Å²) in [5.74, 6) is 2.51. The molecule has 1 unspecified atom stereocenters. The van der Waals surface area contributed by atoms with Gasteiger partial charge in [-0.05, 0) is 58.9 Å². The van der Waals surface area contributed by atoms with E-state index in [2.05, 4.69) is 151 Å². The number of rotatable bonds is 6. The van der Waals surface area contributed by atoms with Gasteiger partial charge in [0.05, 0.1) is 17.8 Å². The highest BCUT2D eigenvalue weighted by Crippen LogP contribution is 2.44. The Hall–Kier alpha value is -5.09. The van der Waals surface area contributed by atoms with Gasteiger partial charge in [0, 0.05) is 12.1 Å². The van der Waals surface area contributed by atoms with E-state index >= 15 is 0 Å². The summed E-state index contributed by atoms with van der Waals surface area (Å²) in [5, 5.41) is 0. The molecule has 7 rings (SSSR count). The van der Waals surface area contributed by atoms with Crippen LogP contribution in [0.4, 0.5) is 5.69 Å². The summed E-state index contributed by atoms with van der Waals surface area (Å²) in [5.41, 5.74) is 8.87. The van der Waals surface area contributed by atoms with Crippen molar-refractivity contribution < 1.29 is 13.7 Å². The molecule has 1 aliphatic heterocycles. The normalized spacial score (nSPS) is 17.2. The summed E-state index contributed by atoms with van der Waals surface area (Å²) in [7, 11) is 2.06. The largest absolute Gasteiger partial charge is 0.439 e. The Morgan fingerprint density at radius 1 is 0.857 bits per heavy atom. The summed E-state index contributed by atoms with van der Waals surface area (Å²) in [6.07, 6.45) is 14.7. The standard InChI is InChI=1S/C38H33N2O2/c1-3-27(23-37-39(2)33-25-30(19-21-35(33)41-37)28-13-7-4-8-14-28)24-38-40(32-17-11-6-12-18-32)34-26-31(20-22-36(34)42-38)29-15-9-5-10-16-29/h4-17,19-26,32H,3,18H2,1-2H3/q+1. The van der Waals surface area contributed by atoms with Gasteiger partial charge in [-0.15, -0.1) is 0 Å². The molecule has 42 heavy (non-hydrogen) atoms. The Morgan fingerprint density at radius 3 is 2.26 bits per heavy atom. The highest BCUT2D eigenvalue weighted by molar-refractivity contribution is 5.79. The van der Waals surface area contributed by atoms with Crippen molar-refractivity contribution in [3.8, 4) is 28.0 Å². The van der Waals surface area contributed by atoms with Crippen molar-refractivity contribution in [3.63, 3.8) is 0 Å². The molecule has 1 atom stereocenters. The molecule has 0 saturated carbocycles. The zero-order chi connectivity index (χ0) is 28.5. The van der Waals surface area contributed by atoms with Gasteiger partial charge < -0.3 is 14.1 Å². The van der Waals surface area contributed by atoms with Crippen LogP contribution in [0.5, 0.6) is 5.75 Å². The van der Waals surface area contributed by atoms with E-state index < -0.39 is 0 Å². The molecule has 0 spiro atoms. The van der Waals surface area contributed by atoms with E-state index in [-0.39, 0.29) is 6.04 Å². The molecule has 4 heteroatoms. The molecule has 5 aromatic rings. The number of fused-ring (bicyclic) bond motifs is 2. The molecule has 1 aromatic heterocycles. The lowest BCUT2D eigenvalue weighted by Crippen LogP contribution is -2.32. The third kappa shape index (κ3) is 4.86.